The van der Waals surface area contributed by atoms with E-state index < -0.39 is 0 Å². The van der Waals surface area contributed by atoms with Crippen molar-refractivity contribution in [3.63, 3.8) is 0 Å². The van der Waals surface area contributed by atoms with Crippen molar-refractivity contribution in [2.75, 3.05) is 19.7 Å². The van der Waals surface area contributed by atoms with Gasteiger partial charge >= 0.3 is 0 Å². The normalized spacial score (nSPS) is 21.0. The zero-order valence-electron chi connectivity index (χ0n) is 12.1. The van der Waals surface area contributed by atoms with Gasteiger partial charge < -0.3 is 10.1 Å². The number of rotatable bonds is 5. The number of nitrogens with zero attached hydrogens (tertiary/aromatic N) is 1. The van der Waals surface area contributed by atoms with E-state index in [1.807, 2.05) is 12.1 Å². The van der Waals surface area contributed by atoms with E-state index in [9.17, 15) is 4.39 Å². The molecule has 2 atom stereocenters. The third-order valence-electron chi connectivity index (χ3n) is 4.08. The maximum atomic E-state index is 13.0. The van der Waals surface area contributed by atoms with Crippen LogP contribution in [0.15, 0.2) is 42.6 Å². The first-order valence-corrected chi connectivity index (χ1v) is 7.81. The third kappa shape index (κ3) is 3.76. The van der Waals surface area contributed by atoms with Crippen LogP contribution in [0.1, 0.15) is 17.9 Å². The fourth-order valence-corrected chi connectivity index (χ4v) is 3.01. The lowest BCUT2D eigenvalue weighted by Gasteiger charge is -2.19. The van der Waals surface area contributed by atoms with Crippen molar-refractivity contribution in [1.29, 1.82) is 0 Å². The Balaban J connectivity index is 1.55. The first-order chi connectivity index (χ1) is 10.7. The van der Waals surface area contributed by atoms with Crippen molar-refractivity contribution in [2.45, 2.75) is 12.3 Å². The summed E-state index contributed by atoms with van der Waals surface area (Å²) in [6, 6.07) is 10.3. The van der Waals surface area contributed by atoms with Crippen molar-refractivity contribution in [3.05, 3.63) is 59.0 Å². The van der Waals surface area contributed by atoms with Crippen molar-refractivity contribution < 1.29 is 9.13 Å². The van der Waals surface area contributed by atoms with Crippen LogP contribution in [0.25, 0.3) is 0 Å². The van der Waals surface area contributed by atoms with Crippen LogP contribution in [0.5, 0.6) is 5.88 Å². The average Bonchev–Trinajstić information content (AvgIpc) is 2.98. The Bertz CT molecular complexity index is 603. The number of pyridine rings is 1. The van der Waals surface area contributed by atoms with E-state index in [0.29, 0.717) is 29.3 Å². The Morgan fingerprint density at radius 3 is 2.73 bits per heavy atom. The standard InChI is InChI=1S/C17H18ClFN2O/c18-14-3-6-17(21-10-14)22-8-7-13-9-20-11-16(13)12-1-4-15(19)5-2-12/h1-6,10,13,16,20H,7-9,11H2/t13-,16+/m0/s1. The van der Waals surface area contributed by atoms with Gasteiger partial charge in [0.25, 0.3) is 0 Å². The van der Waals surface area contributed by atoms with Gasteiger partial charge in [-0.15, -0.1) is 0 Å². The van der Waals surface area contributed by atoms with Gasteiger partial charge in [0.2, 0.25) is 5.88 Å². The molecule has 0 bridgehead atoms. The number of ether oxygens (including phenoxy) is 1. The Hall–Kier alpha value is -1.65. The summed E-state index contributed by atoms with van der Waals surface area (Å²) in [5.74, 6) is 1.29. The summed E-state index contributed by atoms with van der Waals surface area (Å²) in [6.45, 7) is 2.49. The van der Waals surface area contributed by atoms with Gasteiger partial charge in [-0.2, -0.15) is 0 Å². The first kappa shape index (κ1) is 15.3. The van der Waals surface area contributed by atoms with Crippen LogP contribution in [-0.2, 0) is 0 Å². The molecule has 1 aromatic heterocycles. The van der Waals surface area contributed by atoms with Gasteiger partial charge in [0.15, 0.2) is 0 Å². The molecule has 0 radical (unpaired) electrons. The number of benzene rings is 1. The molecule has 1 aliphatic rings. The third-order valence-corrected chi connectivity index (χ3v) is 4.30. The number of nitrogens with one attached hydrogen (secondary N) is 1. The molecule has 2 heterocycles. The second-order valence-electron chi connectivity index (χ2n) is 5.53. The van der Waals surface area contributed by atoms with Gasteiger partial charge in [-0.1, -0.05) is 23.7 Å². The molecule has 1 fully saturated rings. The molecule has 0 aliphatic carbocycles. The minimum atomic E-state index is -0.191. The molecular weight excluding hydrogens is 303 g/mol. The summed E-state index contributed by atoms with van der Waals surface area (Å²) in [7, 11) is 0. The topological polar surface area (TPSA) is 34.1 Å². The first-order valence-electron chi connectivity index (χ1n) is 7.43. The van der Waals surface area contributed by atoms with Crippen molar-refractivity contribution in [2.24, 2.45) is 5.92 Å². The minimum absolute atomic E-state index is 0.191. The highest BCUT2D eigenvalue weighted by Gasteiger charge is 2.28. The quantitative estimate of drug-likeness (QED) is 0.913. The van der Waals surface area contributed by atoms with Gasteiger partial charge in [-0.3, -0.25) is 0 Å². The van der Waals surface area contributed by atoms with E-state index in [1.165, 1.54) is 17.7 Å². The second kappa shape index (κ2) is 7.07. The summed E-state index contributed by atoms with van der Waals surface area (Å²) in [5, 5.41) is 4.01. The van der Waals surface area contributed by atoms with Gasteiger partial charge in [-0.05, 0) is 42.6 Å². The highest BCUT2D eigenvalue weighted by molar-refractivity contribution is 6.30. The van der Waals surface area contributed by atoms with Crippen molar-refractivity contribution in [3.8, 4) is 5.88 Å². The van der Waals surface area contributed by atoms with Crippen LogP contribution in [0, 0.1) is 11.7 Å². The predicted molar refractivity (Wildman–Crippen MR) is 84.9 cm³/mol. The van der Waals surface area contributed by atoms with E-state index >= 15 is 0 Å². The lowest BCUT2D eigenvalue weighted by molar-refractivity contribution is 0.267. The zero-order valence-corrected chi connectivity index (χ0v) is 12.9. The summed E-state index contributed by atoms with van der Waals surface area (Å²) in [6.07, 6.45) is 2.51. The summed E-state index contributed by atoms with van der Waals surface area (Å²) in [5.41, 5.74) is 1.18. The molecule has 2 aromatic rings. The Morgan fingerprint density at radius 1 is 1.18 bits per heavy atom. The zero-order chi connectivity index (χ0) is 15.4. The maximum absolute atomic E-state index is 13.0. The molecule has 0 saturated carbocycles. The van der Waals surface area contributed by atoms with Gasteiger partial charge in [0.1, 0.15) is 5.82 Å². The van der Waals surface area contributed by atoms with Crippen molar-refractivity contribution in [1.82, 2.24) is 10.3 Å². The molecule has 116 valence electrons. The van der Waals surface area contributed by atoms with Crippen LogP contribution in [0.3, 0.4) is 0 Å². The summed E-state index contributed by atoms with van der Waals surface area (Å²) in [4.78, 5) is 4.12. The fraction of sp³-hybridized carbons (Fsp3) is 0.353. The minimum Gasteiger partial charge on any atom is -0.478 e. The van der Waals surface area contributed by atoms with Crippen LogP contribution in [-0.4, -0.2) is 24.7 Å². The monoisotopic (exact) mass is 320 g/mol. The Labute approximate surface area is 134 Å². The SMILES string of the molecule is Fc1ccc([C@H]2CNC[C@@H]2CCOc2ccc(Cl)cn2)cc1. The summed E-state index contributed by atoms with van der Waals surface area (Å²) < 4.78 is 18.7. The van der Waals surface area contributed by atoms with Crippen LogP contribution in [0.2, 0.25) is 5.02 Å². The van der Waals surface area contributed by atoms with E-state index in [2.05, 4.69) is 10.3 Å². The largest absolute Gasteiger partial charge is 0.478 e. The molecule has 5 heteroatoms. The molecular formula is C17H18ClFN2O. The Kier molecular flexibility index (Phi) is 4.90. The fourth-order valence-electron chi connectivity index (χ4n) is 2.90. The Morgan fingerprint density at radius 2 is 2.00 bits per heavy atom. The van der Waals surface area contributed by atoms with E-state index in [0.717, 1.165) is 19.5 Å². The van der Waals surface area contributed by atoms with Crippen LogP contribution >= 0.6 is 11.6 Å². The molecule has 1 saturated heterocycles. The molecule has 3 rings (SSSR count). The summed E-state index contributed by atoms with van der Waals surface area (Å²) >= 11 is 5.79. The van der Waals surface area contributed by atoms with E-state index in [1.54, 1.807) is 18.3 Å². The lowest BCUT2D eigenvalue weighted by Crippen LogP contribution is -2.15. The molecule has 1 aliphatic heterocycles. The molecule has 3 nitrogen and oxygen atoms in total. The van der Waals surface area contributed by atoms with Gasteiger partial charge in [0, 0.05) is 24.7 Å². The molecule has 0 unspecified atom stereocenters. The molecule has 0 amide bonds. The highest BCUT2D eigenvalue weighted by Crippen LogP contribution is 2.30. The number of hydrogen-bond donors (Lipinski definition) is 1. The number of aromatic nitrogens is 1. The number of halogens is 2. The van der Waals surface area contributed by atoms with E-state index in [4.69, 9.17) is 16.3 Å². The maximum Gasteiger partial charge on any atom is 0.213 e. The average molecular weight is 321 g/mol. The molecule has 1 N–H and O–H groups in total. The molecule has 1 aromatic carbocycles. The van der Waals surface area contributed by atoms with Crippen LogP contribution in [0.4, 0.5) is 4.39 Å². The van der Waals surface area contributed by atoms with Crippen LogP contribution < -0.4 is 10.1 Å². The second-order valence-corrected chi connectivity index (χ2v) is 5.96. The lowest BCUT2D eigenvalue weighted by atomic mass is 9.87. The predicted octanol–water partition coefficient (Wildman–Crippen LogP) is 3.65. The molecule has 22 heavy (non-hydrogen) atoms. The molecule has 0 spiro atoms. The smallest absolute Gasteiger partial charge is 0.213 e. The number of hydrogen-bond acceptors (Lipinski definition) is 3. The van der Waals surface area contributed by atoms with E-state index in [-0.39, 0.29) is 5.82 Å². The highest BCUT2D eigenvalue weighted by atomic mass is 35.5. The van der Waals surface area contributed by atoms with Gasteiger partial charge in [0.05, 0.1) is 11.6 Å². The van der Waals surface area contributed by atoms with Gasteiger partial charge in [-0.25, -0.2) is 9.37 Å². The van der Waals surface area contributed by atoms with Crippen molar-refractivity contribution >= 4 is 11.6 Å².